The Morgan fingerprint density at radius 3 is 2.70 bits per heavy atom. The van der Waals surface area contributed by atoms with Crippen molar-refractivity contribution in [1.29, 1.82) is 0 Å². The smallest absolute Gasteiger partial charge is 0.412 e. The van der Waals surface area contributed by atoms with E-state index in [9.17, 15) is 9.59 Å². The number of nitrogens with zero attached hydrogens (tertiary/aromatic N) is 3. The summed E-state index contributed by atoms with van der Waals surface area (Å²) in [5, 5.41) is 13.1. The van der Waals surface area contributed by atoms with Gasteiger partial charge in [0.15, 0.2) is 5.82 Å². The molecule has 1 aromatic heterocycles. The number of hydrogen-bond donors (Lipinski definition) is 2. The largest absolute Gasteiger partial charge is 0.450 e. The van der Waals surface area contributed by atoms with E-state index in [2.05, 4.69) is 20.8 Å². The molecule has 0 bridgehead atoms. The van der Waals surface area contributed by atoms with Gasteiger partial charge in [0.1, 0.15) is 6.54 Å². The Bertz CT molecular complexity index is 666. The molecule has 8 heteroatoms. The van der Waals surface area contributed by atoms with Crippen LogP contribution in [0.5, 0.6) is 0 Å². The maximum Gasteiger partial charge on any atom is 0.412 e. The van der Waals surface area contributed by atoms with E-state index < -0.39 is 6.09 Å². The summed E-state index contributed by atoms with van der Waals surface area (Å²) in [5.41, 5.74) is 2.18. The molecule has 8 nitrogen and oxygen atoms in total. The lowest BCUT2D eigenvalue weighted by molar-refractivity contribution is -0.122. The van der Waals surface area contributed by atoms with Crippen molar-refractivity contribution in [1.82, 2.24) is 20.3 Å². The molecule has 0 saturated carbocycles. The fourth-order valence-corrected chi connectivity index (χ4v) is 1.79. The Balaban J connectivity index is 1.80. The number of ether oxygens (including phenoxy) is 1. The lowest BCUT2D eigenvalue weighted by atomic mass is 10.1. The van der Waals surface area contributed by atoms with Crippen LogP contribution in [0.25, 0.3) is 0 Å². The summed E-state index contributed by atoms with van der Waals surface area (Å²) in [6.45, 7) is 4.38. The minimum absolute atomic E-state index is 0.0314. The van der Waals surface area contributed by atoms with Gasteiger partial charge in [-0.05, 0) is 19.4 Å². The van der Waals surface area contributed by atoms with Crippen LogP contribution in [0.2, 0.25) is 0 Å². The fraction of sp³-hybridized carbons (Fsp3) is 0.333. The lowest BCUT2D eigenvalue weighted by Gasteiger charge is -2.05. The van der Waals surface area contributed by atoms with Gasteiger partial charge in [0.05, 0.1) is 12.8 Å². The van der Waals surface area contributed by atoms with Crippen molar-refractivity contribution < 1.29 is 14.3 Å². The van der Waals surface area contributed by atoms with Crippen LogP contribution in [0, 0.1) is 6.92 Å². The van der Waals surface area contributed by atoms with Crippen LogP contribution in [0.3, 0.4) is 0 Å². The molecule has 0 unspecified atom stereocenters. The molecular formula is C15H19N5O3. The predicted molar refractivity (Wildman–Crippen MR) is 83.7 cm³/mol. The molecule has 0 spiro atoms. The number of nitrogens with one attached hydrogen (secondary N) is 2. The standard InChI is InChI=1S/C15H19N5O3/c1-3-23-15(22)18-13-9-17-20(19-13)10-14(21)16-8-12-6-4-11(2)5-7-12/h4-7,9H,3,8,10H2,1-2H3,(H,16,21)(H,18,19,22). The number of carbonyl (C=O) groups is 2. The van der Waals surface area contributed by atoms with E-state index in [1.54, 1.807) is 6.92 Å². The summed E-state index contributed by atoms with van der Waals surface area (Å²) < 4.78 is 4.73. The van der Waals surface area contributed by atoms with Gasteiger partial charge in [-0.2, -0.15) is 9.90 Å². The number of benzene rings is 1. The molecule has 23 heavy (non-hydrogen) atoms. The molecule has 2 aromatic rings. The van der Waals surface area contributed by atoms with Crippen molar-refractivity contribution in [2.24, 2.45) is 0 Å². The highest BCUT2D eigenvalue weighted by Gasteiger charge is 2.09. The van der Waals surface area contributed by atoms with Gasteiger partial charge in [-0.1, -0.05) is 29.8 Å². The van der Waals surface area contributed by atoms with Crippen LogP contribution in [0.4, 0.5) is 10.6 Å². The van der Waals surface area contributed by atoms with Gasteiger partial charge in [0.25, 0.3) is 0 Å². The van der Waals surface area contributed by atoms with E-state index >= 15 is 0 Å². The third-order valence-corrected chi connectivity index (χ3v) is 2.94. The molecule has 0 atom stereocenters. The zero-order valence-electron chi connectivity index (χ0n) is 13.1. The Hall–Kier alpha value is -2.90. The number of rotatable bonds is 6. The van der Waals surface area contributed by atoms with Crippen LogP contribution in [0.1, 0.15) is 18.1 Å². The van der Waals surface area contributed by atoms with E-state index in [1.807, 2.05) is 31.2 Å². The van der Waals surface area contributed by atoms with Crippen molar-refractivity contribution in [2.45, 2.75) is 26.9 Å². The van der Waals surface area contributed by atoms with Crippen molar-refractivity contribution in [3.8, 4) is 0 Å². The van der Waals surface area contributed by atoms with Gasteiger partial charge in [0, 0.05) is 6.54 Å². The van der Waals surface area contributed by atoms with E-state index in [0.29, 0.717) is 6.54 Å². The number of amides is 2. The van der Waals surface area contributed by atoms with E-state index in [4.69, 9.17) is 4.74 Å². The Morgan fingerprint density at radius 2 is 2.00 bits per heavy atom. The van der Waals surface area contributed by atoms with Crippen LogP contribution in [-0.2, 0) is 22.6 Å². The lowest BCUT2D eigenvalue weighted by Crippen LogP contribution is -2.28. The van der Waals surface area contributed by atoms with Crippen LogP contribution in [-0.4, -0.2) is 33.6 Å². The molecular weight excluding hydrogens is 298 g/mol. The van der Waals surface area contributed by atoms with Gasteiger partial charge in [0.2, 0.25) is 5.91 Å². The first kappa shape index (κ1) is 16.5. The van der Waals surface area contributed by atoms with E-state index in [0.717, 1.165) is 5.56 Å². The van der Waals surface area contributed by atoms with Crippen molar-refractivity contribution in [2.75, 3.05) is 11.9 Å². The first-order valence-electron chi connectivity index (χ1n) is 7.23. The molecule has 0 fully saturated rings. The van der Waals surface area contributed by atoms with Gasteiger partial charge in [-0.3, -0.25) is 10.1 Å². The molecule has 0 saturated heterocycles. The second-order valence-electron chi connectivity index (χ2n) is 4.87. The third kappa shape index (κ3) is 5.42. The number of aromatic nitrogens is 3. The first-order chi connectivity index (χ1) is 11.1. The van der Waals surface area contributed by atoms with Crippen LogP contribution in [0.15, 0.2) is 30.5 Å². The summed E-state index contributed by atoms with van der Waals surface area (Å²) in [7, 11) is 0. The second-order valence-corrected chi connectivity index (χ2v) is 4.87. The van der Waals surface area contributed by atoms with Crippen molar-refractivity contribution >= 4 is 17.8 Å². The van der Waals surface area contributed by atoms with Crippen LogP contribution < -0.4 is 10.6 Å². The monoisotopic (exact) mass is 317 g/mol. The van der Waals surface area contributed by atoms with E-state index in [-0.39, 0.29) is 24.9 Å². The maximum absolute atomic E-state index is 11.9. The topological polar surface area (TPSA) is 98.1 Å². The molecule has 122 valence electrons. The quantitative estimate of drug-likeness (QED) is 0.840. The highest BCUT2D eigenvalue weighted by atomic mass is 16.5. The normalized spacial score (nSPS) is 10.2. The van der Waals surface area contributed by atoms with Gasteiger partial charge < -0.3 is 10.1 Å². The number of anilines is 1. The molecule has 2 amide bonds. The summed E-state index contributed by atoms with van der Waals surface area (Å²) in [6.07, 6.45) is 0.743. The third-order valence-electron chi connectivity index (χ3n) is 2.94. The summed E-state index contributed by atoms with van der Waals surface area (Å²) >= 11 is 0. The number of carbonyl (C=O) groups excluding carboxylic acids is 2. The average Bonchev–Trinajstić information content (AvgIpc) is 2.94. The van der Waals surface area contributed by atoms with Crippen LogP contribution >= 0.6 is 0 Å². The molecule has 2 rings (SSSR count). The Morgan fingerprint density at radius 1 is 1.26 bits per heavy atom. The fourth-order valence-electron chi connectivity index (χ4n) is 1.79. The van der Waals surface area contributed by atoms with Gasteiger partial charge in [-0.15, -0.1) is 5.10 Å². The highest BCUT2D eigenvalue weighted by molar-refractivity contribution is 5.83. The molecule has 0 aliphatic rings. The minimum Gasteiger partial charge on any atom is -0.450 e. The molecule has 0 aliphatic heterocycles. The first-order valence-corrected chi connectivity index (χ1v) is 7.23. The molecule has 1 heterocycles. The zero-order valence-corrected chi connectivity index (χ0v) is 13.1. The highest BCUT2D eigenvalue weighted by Crippen LogP contribution is 2.03. The average molecular weight is 317 g/mol. The molecule has 1 aromatic carbocycles. The summed E-state index contributed by atoms with van der Waals surface area (Å²) in [4.78, 5) is 24.3. The second kappa shape index (κ2) is 7.92. The minimum atomic E-state index is -0.608. The summed E-state index contributed by atoms with van der Waals surface area (Å²) in [6, 6.07) is 7.90. The Labute approximate surface area is 133 Å². The van der Waals surface area contributed by atoms with E-state index in [1.165, 1.54) is 16.6 Å². The maximum atomic E-state index is 11.9. The number of aryl methyl sites for hydroxylation is 1. The van der Waals surface area contributed by atoms with Crippen molar-refractivity contribution in [3.05, 3.63) is 41.6 Å². The van der Waals surface area contributed by atoms with Gasteiger partial charge >= 0.3 is 6.09 Å². The zero-order chi connectivity index (χ0) is 16.7. The SMILES string of the molecule is CCOC(=O)Nc1cnn(CC(=O)NCc2ccc(C)cc2)n1. The Kier molecular flexibility index (Phi) is 5.67. The molecule has 0 radical (unpaired) electrons. The van der Waals surface area contributed by atoms with Gasteiger partial charge in [-0.25, -0.2) is 4.79 Å². The van der Waals surface area contributed by atoms with Crippen molar-refractivity contribution in [3.63, 3.8) is 0 Å². The predicted octanol–water partition coefficient (Wildman–Crippen LogP) is 1.47. The number of hydrogen-bond acceptors (Lipinski definition) is 5. The molecule has 0 aliphatic carbocycles. The summed E-state index contributed by atoms with van der Waals surface area (Å²) in [5.74, 6) is 0.0126. The molecule has 2 N–H and O–H groups in total.